The van der Waals surface area contributed by atoms with Crippen LogP contribution < -0.4 is 10.0 Å². The number of benzene rings is 3. The van der Waals surface area contributed by atoms with E-state index in [1.54, 1.807) is 24.3 Å². The van der Waals surface area contributed by atoms with E-state index in [0.29, 0.717) is 22.0 Å². The molecule has 9 heteroatoms. The number of nitrogens with one attached hydrogen (secondary N) is 2. The van der Waals surface area contributed by atoms with Crippen LogP contribution >= 0.6 is 23.2 Å². The van der Waals surface area contributed by atoms with E-state index in [9.17, 15) is 17.6 Å². The molecule has 0 heterocycles. The molecule has 2 N–H and O–H groups in total. The summed E-state index contributed by atoms with van der Waals surface area (Å²) < 4.78 is 40.4. The van der Waals surface area contributed by atoms with Crippen molar-refractivity contribution < 1.29 is 17.6 Å². The lowest BCUT2D eigenvalue weighted by Crippen LogP contribution is -2.15. The second-order valence-electron chi connectivity index (χ2n) is 6.10. The molecule has 3 rings (SSSR count). The predicted molar refractivity (Wildman–Crippen MR) is 112 cm³/mol. The quantitative estimate of drug-likeness (QED) is 0.545. The van der Waals surface area contributed by atoms with E-state index in [-0.39, 0.29) is 22.2 Å². The fraction of sp³-hybridized carbons (Fsp3) is 0.0500. The summed E-state index contributed by atoms with van der Waals surface area (Å²) in [6.45, 7) is 0. The van der Waals surface area contributed by atoms with Crippen LogP contribution in [-0.4, -0.2) is 14.3 Å². The SMILES string of the molecule is O=C(Cc1ccc(F)cc1Cl)Nc1ccc(S(=O)(=O)Nc2ccc(Cl)cc2)cc1. The normalized spacial score (nSPS) is 11.1. The first-order chi connectivity index (χ1) is 13.7. The number of hydrogen-bond donors (Lipinski definition) is 2. The van der Waals surface area contributed by atoms with Gasteiger partial charge in [0.25, 0.3) is 10.0 Å². The van der Waals surface area contributed by atoms with E-state index in [4.69, 9.17) is 23.2 Å². The van der Waals surface area contributed by atoms with Crippen LogP contribution in [0.1, 0.15) is 5.56 Å². The number of hydrogen-bond acceptors (Lipinski definition) is 3. The van der Waals surface area contributed by atoms with Gasteiger partial charge in [-0.1, -0.05) is 29.3 Å². The van der Waals surface area contributed by atoms with Crippen molar-refractivity contribution >= 4 is 50.5 Å². The zero-order valence-corrected chi connectivity index (χ0v) is 17.2. The number of amides is 1. The molecule has 0 saturated carbocycles. The zero-order valence-electron chi connectivity index (χ0n) is 14.8. The maximum Gasteiger partial charge on any atom is 0.261 e. The minimum Gasteiger partial charge on any atom is -0.326 e. The summed E-state index contributed by atoms with van der Waals surface area (Å²) in [5.41, 5.74) is 1.28. The molecule has 0 aromatic heterocycles. The maximum absolute atomic E-state index is 13.1. The van der Waals surface area contributed by atoms with Gasteiger partial charge < -0.3 is 5.32 Å². The summed E-state index contributed by atoms with van der Waals surface area (Å²) >= 11 is 11.7. The van der Waals surface area contributed by atoms with Gasteiger partial charge in [0.15, 0.2) is 0 Å². The highest BCUT2D eigenvalue weighted by Crippen LogP contribution is 2.21. The molecule has 3 aromatic carbocycles. The largest absolute Gasteiger partial charge is 0.326 e. The van der Waals surface area contributed by atoms with Crippen LogP contribution in [-0.2, 0) is 21.2 Å². The Kier molecular flexibility index (Phi) is 6.42. The molecule has 1 amide bonds. The molecule has 0 aliphatic heterocycles. The van der Waals surface area contributed by atoms with Gasteiger partial charge in [0.1, 0.15) is 5.82 Å². The van der Waals surface area contributed by atoms with Gasteiger partial charge in [-0.2, -0.15) is 0 Å². The van der Waals surface area contributed by atoms with Crippen LogP contribution in [0.2, 0.25) is 10.0 Å². The molecule has 0 bridgehead atoms. The van der Waals surface area contributed by atoms with Gasteiger partial charge in [0.2, 0.25) is 5.91 Å². The van der Waals surface area contributed by atoms with Crippen LogP contribution in [0.25, 0.3) is 0 Å². The van der Waals surface area contributed by atoms with Crippen molar-refractivity contribution in [2.45, 2.75) is 11.3 Å². The molecule has 0 aliphatic carbocycles. The second kappa shape index (κ2) is 8.82. The van der Waals surface area contributed by atoms with Crippen LogP contribution in [0.5, 0.6) is 0 Å². The Bertz CT molecular complexity index is 1140. The van der Waals surface area contributed by atoms with Crippen molar-refractivity contribution in [2.75, 3.05) is 10.0 Å². The lowest BCUT2D eigenvalue weighted by atomic mass is 10.1. The Balaban J connectivity index is 1.66. The summed E-state index contributed by atoms with van der Waals surface area (Å²) in [4.78, 5) is 12.2. The standard InChI is InChI=1S/C20H15Cl2FN2O3S/c21-14-2-5-17(6-3-14)25-29(27,28)18-9-7-16(8-10-18)24-20(26)11-13-1-4-15(23)12-19(13)22/h1-10,12,25H,11H2,(H,24,26). The molecule has 0 radical (unpaired) electrons. The number of halogens is 3. The predicted octanol–water partition coefficient (Wildman–Crippen LogP) is 5.11. The lowest BCUT2D eigenvalue weighted by Gasteiger charge is -2.10. The van der Waals surface area contributed by atoms with Crippen LogP contribution in [0.3, 0.4) is 0 Å². The van der Waals surface area contributed by atoms with Gasteiger partial charge in [-0.25, -0.2) is 12.8 Å². The van der Waals surface area contributed by atoms with E-state index in [0.717, 1.165) is 6.07 Å². The smallest absolute Gasteiger partial charge is 0.261 e. The van der Waals surface area contributed by atoms with Crippen molar-refractivity contribution in [3.05, 3.63) is 88.2 Å². The third kappa shape index (κ3) is 5.69. The fourth-order valence-corrected chi connectivity index (χ4v) is 3.91. The van der Waals surface area contributed by atoms with Crippen molar-refractivity contribution in [3.8, 4) is 0 Å². The number of anilines is 2. The van der Waals surface area contributed by atoms with Crippen LogP contribution in [0, 0.1) is 5.82 Å². The number of rotatable bonds is 6. The van der Waals surface area contributed by atoms with Crippen LogP contribution in [0.15, 0.2) is 71.6 Å². The molecule has 0 fully saturated rings. The Morgan fingerprint density at radius 1 is 0.897 bits per heavy atom. The lowest BCUT2D eigenvalue weighted by molar-refractivity contribution is -0.115. The number of carbonyl (C=O) groups is 1. The van der Waals surface area contributed by atoms with Gasteiger partial charge in [-0.15, -0.1) is 0 Å². The fourth-order valence-electron chi connectivity index (χ4n) is 2.49. The molecule has 0 saturated heterocycles. The third-order valence-corrected chi connectivity index (χ3v) is 5.91. The van der Waals surface area contributed by atoms with Crippen molar-refractivity contribution in [2.24, 2.45) is 0 Å². The van der Waals surface area contributed by atoms with Crippen molar-refractivity contribution in [3.63, 3.8) is 0 Å². The Labute approximate surface area is 177 Å². The van der Waals surface area contributed by atoms with E-state index in [1.165, 1.54) is 36.4 Å². The molecule has 0 spiro atoms. The summed E-state index contributed by atoms with van der Waals surface area (Å²) in [5, 5.41) is 3.30. The molecular weight excluding hydrogens is 438 g/mol. The molecule has 29 heavy (non-hydrogen) atoms. The molecular formula is C20H15Cl2FN2O3S. The van der Waals surface area contributed by atoms with Gasteiger partial charge in [0.05, 0.1) is 11.3 Å². The van der Waals surface area contributed by atoms with Crippen molar-refractivity contribution in [1.29, 1.82) is 0 Å². The minimum absolute atomic E-state index is 0.0343. The van der Waals surface area contributed by atoms with Gasteiger partial charge in [0, 0.05) is 21.4 Å². The highest BCUT2D eigenvalue weighted by Gasteiger charge is 2.15. The first kappa shape index (κ1) is 21.1. The molecule has 0 unspecified atom stereocenters. The van der Waals surface area contributed by atoms with Gasteiger partial charge >= 0.3 is 0 Å². The maximum atomic E-state index is 13.1. The molecule has 0 atom stereocenters. The molecule has 3 aromatic rings. The monoisotopic (exact) mass is 452 g/mol. The highest BCUT2D eigenvalue weighted by atomic mass is 35.5. The third-order valence-electron chi connectivity index (χ3n) is 3.91. The van der Waals surface area contributed by atoms with E-state index in [2.05, 4.69) is 10.0 Å². The minimum atomic E-state index is -3.79. The molecule has 5 nitrogen and oxygen atoms in total. The summed E-state index contributed by atoms with van der Waals surface area (Å²) in [6, 6.07) is 15.7. The number of sulfonamides is 1. The van der Waals surface area contributed by atoms with Gasteiger partial charge in [-0.3, -0.25) is 9.52 Å². The average molecular weight is 453 g/mol. The zero-order chi connectivity index (χ0) is 21.0. The number of carbonyl (C=O) groups excluding carboxylic acids is 1. The van der Waals surface area contributed by atoms with Gasteiger partial charge in [-0.05, 0) is 66.2 Å². The van der Waals surface area contributed by atoms with E-state index >= 15 is 0 Å². The molecule has 150 valence electrons. The topological polar surface area (TPSA) is 75.3 Å². The summed E-state index contributed by atoms with van der Waals surface area (Å²) in [7, 11) is -3.79. The second-order valence-corrected chi connectivity index (χ2v) is 8.62. The van der Waals surface area contributed by atoms with E-state index in [1.807, 2.05) is 0 Å². The van der Waals surface area contributed by atoms with E-state index < -0.39 is 15.8 Å². The Hall–Kier alpha value is -2.61. The first-order valence-corrected chi connectivity index (χ1v) is 10.6. The Morgan fingerprint density at radius 3 is 2.14 bits per heavy atom. The van der Waals surface area contributed by atoms with Crippen molar-refractivity contribution in [1.82, 2.24) is 0 Å². The summed E-state index contributed by atoms with van der Waals surface area (Å²) in [6.07, 6.45) is -0.0444. The highest BCUT2D eigenvalue weighted by molar-refractivity contribution is 7.92. The summed E-state index contributed by atoms with van der Waals surface area (Å²) in [5.74, 6) is -0.850. The van der Waals surface area contributed by atoms with Crippen LogP contribution in [0.4, 0.5) is 15.8 Å². The Morgan fingerprint density at radius 2 is 1.52 bits per heavy atom. The molecule has 0 aliphatic rings. The first-order valence-electron chi connectivity index (χ1n) is 8.35. The average Bonchev–Trinajstić information content (AvgIpc) is 2.66.